The summed E-state index contributed by atoms with van der Waals surface area (Å²) < 4.78 is 5.89. The van der Waals surface area contributed by atoms with Crippen LogP contribution >= 0.6 is 0 Å². The minimum absolute atomic E-state index is 0.188. The van der Waals surface area contributed by atoms with E-state index in [-0.39, 0.29) is 18.1 Å². The van der Waals surface area contributed by atoms with Gasteiger partial charge in [-0.25, -0.2) is 4.98 Å². The Bertz CT molecular complexity index is 652. The molecule has 0 aliphatic heterocycles. The van der Waals surface area contributed by atoms with Crippen molar-refractivity contribution in [3.05, 3.63) is 36.0 Å². The molecular weight excluding hydrogens is 292 g/mol. The standard InChI is InChI=1S/C17H22N4O2/c1-11-2-8-14(9-3-11)23-15-10-19-17(18)21-16(15)20-12-4-6-13(22)7-5-12/h2-3,8-10,12-13,22H,4-7H2,1H3,(H3,18,19,20,21)/t12-,13-. The van der Waals surface area contributed by atoms with Crippen LogP contribution in [0.5, 0.6) is 11.5 Å². The van der Waals surface area contributed by atoms with E-state index in [1.807, 2.05) is 31.2 Å². The Morgan fingerprint density at radius 1 is 1.17 bits per heavy atom. The average Bonchev–Trinajstić information content (AvgIpc) is 2.54. The maximum Gasteiger partial charge on any atom is 0.222 e. The van der Waals surface area contributed by atoms with Crippen LogP contribution in [0, 0.1) is 6.92 Å². The molecule has 1 saturated carbocycles. The van der Waals surface area contributed by atoms with Gasteiger partial charge in [-0.2, -0.15) is 4.98 Å². The average molecular weight is 314 g/mol. The molecule has 0 bridgehead atoms. The first-order chi connectivity index (χ1) is 11.1. The SMILES string of the molecule is Cc1ccc(Oc2cnc(N)nc2N[C@H]2CC[C@H](O)CC2)cc1. The highest BCUT2D eigenvalue weighted by atomic mass is 16.5. The number of rotatable bonds is 4. The monoisotopic (exact) mass is 314 g/mol. The van der Waals surface area contributed by atoms with Crippen LogP contribution < -0.4 is 15.8 Å². The van der Waals surface area contributed by atoms with Crippen LogP contribution in [0.15, 0.2) is 30.5 Å². The minimum atomic E-state index is -0.188. The number of nitrogens with one attached hydrogen (secondary N) is 1. The number of aromatic nitrogens is 2. The molecular formula is C17H22N4O2. The number of aliphatic hydroxyl groups excluding tert-OH is 1. The van der Waals surface area contributed by atoms with E-state index in [1.165, 1.54) is 5.56 Å². The van der Waals surface area contributed by atoms with E-state index in [9.17, 15) is 5.11 Å². The summed E-state index contributed by atoms with van der Waals surface area (Å²) in [5, 5.41) is 13.0. The van der Waals surface area contributed by atoms with Crippen molar-refractivity contribution in [3.8, 4) is 11.5 Å². The third-order valence-electron chi connectivity index (χ3n) is 4.06. The molecule has 1 aliphatic carbocycles. The van der Waals surface area contributed by atoms with Crippen LogP contribution in [-0.4, -0.2) is 27.2 Å². The fourth-order valence-electron chi connectivity index (χ4n) is 2.71. The maximum absolute atomic E-state index is 9.61. The summed E-state index contributed by atoms with van der Waals surface area (Å²) in [6.45, 7) is 2.03. The zero-order valence-electron chi connectivity index (χ0n) is 13.2. The number of nitrogens with zero attached hydrogens (tertiary/aromatic N) is 2. The van der Waals surface area contributed by atoms with Crippen LogP contribution in [0.2, 0.25) is 0 Å². The van der Waals surface area contributed by atoms with Crippen LogP contribution in [0.25, 0.3) is 0 Å². The van der Waals surface area contributed by atoms with Gasteiger partial charge in [0.2, 0.25) is 5.95 Å². The van der Waals surface area contributed by atoms with Crippen molar-refractivity contribution in [2.75, 3.05) is 11.1 Å². The molecule has 0 spiro atoms. The van der Waals surface area contributed by atoms with Gasteiger partial charge in [0, 0.05) is 6.04 Å². The van der Waals surface area contributed by atoms with E-state index in [0.717, 1.165) is 31.4 Å². The highest BCUT2D eigenvalue weighted by Gasteiger charge is 2.21. The van der Waals surface area contributed by atoms with Crippen molar-refractivity contribution in [3.63, 3.8) is 0 Å². The summed E-state index contributed by atoms with van der Waals surface area (Å²) in [4.78, 5) is 8.29. The molecule has 122 valence electrons. The summed E-state index contributed by atoms with van der Waals surface area (Å²) >= 11 is 0. The number of aliphatic hydroxyl groups is 1. The Labute approximate surface area is 135 Å². The van der Waals surface area contributed by atoms with Gasteiger partial charge in [-0.15, -0.1) is 0 Å². The zero-order chi connectivity index (χ0) is 16.2. The van der Waals surface area contributed by atoms with Gasteiger partial charge < -0.3 is 20.9 Å². The molecule has 0 saturated heterocycles. The number of hydrogen-bond acceptors (Lipinski definition) is 6. The fourth-order valence-corrected chi connectivity index (χ4v) is 2.71. The van der Waals surface area contributed by atoms with Gasteiger partial charge in [-0.1, -0.05) is 17.7 Å². The molecule has 0 atom stereocenters. The number of nitrogens with two attached hydrogens (primary N) is 1. The smallest absolute Gasteiger partial charge is 0.222 e. The van der Waals surface area contributed by atoms with Gasteiger partial charge in [0.25, 0.3) is 0 Å². The largest absolute Gasteiger partial charge is 0.452 e. The lowest BCUT2D eigenvalue weighted by atomic mass is 9.93. The highest BCUT2D eigenvalue weighted by molar-refractivity contribution is 5.53. The second-order valence-electron chi connectivity index (χ2n) is 6.01. The highest BCUT2D eigenvalue weighted by Crippen LogP contribution is 2.30. The number of aryl methyl sites for hydroxylation is 1. The molecule has 6 nitrogen and oxygen atoms in total. The molecule has 2 aromatic rings. The van der Waals surface area contributed by atoms with Crippen molar-refractivity contribution >= 4 is 11.8 Å². The fraction of sp³-hybridized carbons (Fsp3) is 0.412. The van der Waals surface area contributed by atoms with E-state index in [1.54, 1.807) is 6.20 Å². The predicted molar refractivity (Wildman–Crippen MR) is 89.6 cm³/mol. The first kappa shape index (κ1) is 15.6. The second-order valence-corrected chi connectivity index (χ2v) is 6.01. The molecule has 1 aromatic heterocycles. The first-order valence-electron chi connectivity index (χ1n) is 7.92. The number of benzene rings is 1. The topological polar surface area (TPSA) is 93.3 Å². The van der Waals surface area contributed by atoms with Crippen molar-refractivity contribution < 1.29 is 9.84 Å². The third kappa shape index (κ3) is 4.10. The first-order valence-corrected chi connectivity index (χ1v) is 7.92. The van der Waals surface area contributed by atoms with Crippen molar-refractivity contribution in [1.82, 2.24) is 9.97 Å². The normalized spacial score (nSPS) is 21.0. The Morgan fingerprint density at radius 3 is 2.57 bits per heavy atom. The van der Waals surface area contributed by atoms with E-state index in [0.29, 0.717) is 11.6 Å². The molecule has 4 N–H and O–H groups in total. The summed E-state index contributed by atoms with van der Waals surface area (Å²) in [7, 11) is 0. The second kappa shape index (κ2) is 6.83. The number of nitrogen functional groups attached to an aromatic ring is 1. The summed E-state index contributed by atoms with van der Waals surface area (Å²) in [5.41, 5.74) is 6.88. The van der Waals surface area contributed by atoms with Gasteiger partial charge in [-0.3, -0.25) is 0 Å². The molecule has 0 radical (unpaired) electrons. The summed E-state index contributed by atoms with van der Waals surface area (Å²) in [5.74, 6) is 2.08. The van der Waals surface area contributed by atoms with Crippen molar-refractivity contribution in [2.24, 2.45) is 0 Å². The van der Waals surface area contributed by atoms with E-state index < -0.39 is 0 Å². The van der Waals surface area contributed by atoms with Crippen LogP contribution in [-0.2, 0) is 0 Å². The van der Waals surface area contributed by atoms with Crippen LogP contribution in [0.1, 0.15) is 31.2 Å². The van der Waals surface area contributed by atoms with Gasteiger partial charge in [0.1, 0.15) is 5.75 Å². The van der Waals surface area contributed by atoms with Gasteiger partial charge >= 0.3 is 0 Å². The number of ether oxygens (including phenoxy) is 1. The van der Waals surface area contributed by atoms with Gasteiger partial charge in [-0.05, 0) is 44.7 Å². The summed E-state index contributed by atoms with van der Waals surface area (Å²) in [6.07, 6.45) is 4.79. The molecule has 0 amide bonds. The Balaban J connectivity index is 1.76. The molecule has 1 aromatic carbocycles. The van der Waals surface area contributed by atoms with Crippen LogP contribution in [0.3, 0.4) is 0 Å². The quantitative estimate of drug-likeness (QED) is 0.803. The lowest BCUT2D eigenvalue weighted by molar-refractivity contribution is 0.126. The van der Waals surface area contributed by atoms with E-state index in [4.69, 9.17) is 10.5 Å². The predicted octanol–water partition coefficient (Wildman–Crippen LogP) is 2.87. The number of anilines is 2. The molecule has 3 rings (SSSR count). The van der Waals surface area contributed by atoms with Crippen molar-refractivity contribution in [1.29, 1.82) is 0 Å². The maximum atomic E-state index is 9.61. The van der Waals surface area contributed by atoms with Gasteiger partial charge in [0.05, 0.1) is 12.3 Å². The molecule has 1 heterocycles. The lowest BCUT2D eigenvalue weighted by Gasteiger charge is -2.27. The zero-order valence-corrected chi connectivity index (χ0v) is 13.2. The Hall–Kier alpha value is -2.34. The Kier molecular flexibility index (Phi) is 4.62. The summed E-state index contributed by atoms with van der Waals surface area (Å²) in [6, 6.07) is 8.05. The van der Waals surface area contributed by atoms with Gasteiger partial charge in [0.15, 0.2) is 11.6 Å². The molecule has 6 heteroatoms. The molecule has 1 aliphatic rings. The Morgan fingerprint density at radius 2 is 1.87 bits per heavy atom. The molecule has 1 fully saturated rings. The molecule has 23 heavy (non-hydrogen) atoms. The molecule has 0 unspecified atom stereocenters. The van der Waals surface area contributed by atoms with E-state index in [2.05, 4.69) is 15.3 Å². The minimum Gasteiger partial charge on any atom is -0.452 e. The van der Waals surface area contributed by atoms with E-state index >= 15 is 0 Å². The lowest BCUT2D eigenvalue weighted by Crippen LogP contribution is -2.28. The number of hydrogen-bond donors (Lipinski definition) is 3. The third-order valence-corrected chi connectivity index (χ3v) is 4.06. The van der Waals surface area contributed by atoms with Crippen LogP contribution in [0.4, 0.5) is 11.8 Å². The van der Waals surface area contributed by atoms with Crippen molar-refractivity contribution in [2.45, 2.75) is 44.8 Å².